The highest BCUT2D eigenvalue weighted by molar-refractivity contribution is 6.03. The van der Waals surface area contributed by atoms with Crippen LogP contribution in [-0.4, -0.2) is 55.2 Å². The molecule has 1 aliphatic rings. The van der Waals surface area contributed by atoms with Crippen molar-refractivity contribution in [2.24, 2.45) is 7.05 Å². The summed E-state index contributed by atoms with van der Waals surface area (Å²) in [5.74, 6) is -2.04. The minimum absolute atomic E-state index is 0.0485. The van der Waals surface area contributed by atoms with Crippen LogP contribution in [0.5, 0.6) is 0 Å². The number of rotatable bonds is 4. The van der Waals surface area contributed by atoms with Gasteiger partial charge < -0.3 is 15.3 Å². The predicted molar refractivity (Wildman–Crippen MR) is 80.4 cm³/mol. The summed E-state index contributed by atoms with van der Waals surface area (Å²) in [5.41, 5.74) is 0.365. The van der Waals surface area contributed by atoms with Crippen molar-refractivity contribution in [3.63, 3.8) is 0 Å². The molecule has 2 aromatic rings. The molecule has 124 valence electrons. The highest BCUT2D eigenvalue weighted by atomic mass is 16.4. The number of nitrogens with one attached hydrogen (secondary N) is 1. The lowest BCUT2D eigenvalue weighted by Crippen LogP contribution is -2.41. The molecule has 10 nitrogen and oxygen atoms in total. The highest BCUT2D eigenvalue weighted by Gasteiger charge is 2.34. The molecule has 0 radical (unpaired) electrons. The lowest BCUT2D eigenvalue weighted by molar-refractivity contribution is -0.118. The van der Waals surface area contributed by atoms with E-state index in [1.807, 2.05) is 0 Å². The molecule has 0 bridgehead atoms. The van der Waals surface area contributed by atoms with E-state index in [-0.39, 0.29) is 17.3 Å². The lowest BCUT2D eigenvalue weighted by Gasteiger charge is -2.14. The summed E-state index contributed by atoms with van der Waals surface area (Å²) in [4.78, 5) is 44.2. The van der Waals surface area contributed by atoms with Gasteiger partial charge in [0.2, 0.25) is 5.91 Å². The molecule has 1 atom stereocenters. The van der Waals surface area contributed by atoms with Crippen molar-refractivity contribution in [1.82, 2.24) is 25.1 Å². The smallest absolute Gasteiger partial charge is 0.356 e. The van der Waals surface area contributed by atoms with E-state index in [2.05, 4.69) is 20.4 Å². The van der Waals surface area contributed by atoms with Crippen molar-refractivity contribution in [1.29, 1.82) is 0 Å². The fourth-order valence-electron chi connectivity index (χ4n) is 2.41. The number of aromatic nitrogens is 4. The third-order valence-corrected chi connectivity index (χ3v) is 3.62. The Kier molecular flexibility index (Phi) is 3.94. The second-order valence-corrected chi connectivity index (χ2v) is 5.27. The first-order valence-corrected chi connectivity index (χ1v) is 7.12. The van der Waals surface area contributed by atoms with E-state index in [4.69, 9.17) is 5.11 Å². The predicted octanol–water partition coefficient (Wildman–Crippen LogP) is -0.556. The van der Waals surface area contributed by atoms with Gasteiger partial charge in [-0.3, -0.25) is 14.3 Å². The van der Waals surface area contributed by atoms with Gasteiger partial charge in [-0.15, -0.1) is 0 Å². The Hall–Kier alpha value is -3.30. The monoisotopic (exact) mass is 330 g/mol. The lowest BCUT2D eigenvalue weighted by atomic mass is 10.2. The second-order valence-electron chi connectivity index (χ2n) is 5.27. The van der Waals surface area contributed by atoms with Crippen molar-refractivity contribution in [2.45, 2.75) is 12.5 Å². The first-order valence-electron chi connectivity index (χ1n) is 7.12. The summed E-state index contributed by atoms with van der Waals surface area (Å²) < 4.78 is 1.59. The topological polar surface area (TPSA) is 130 Å². The second kappa shape index (κ2) is 6.07. The number of carboxylic acid groups (broad SMARTS) is 1. The maximum Gasteiger partial charge on any atom is 0.356 e. The Balaban J connectivity index is 1.66. The average molecular weight is 330 g/mol. The van der Waals surface area contributed by atoms with E-state index in [0.29, 0.717) is 18.7 Å². The van der Waals surface area contributed by atoms with Crippen molar-refractivity contribution in [3.8, 4) is 0 Å². The van der Waals surface area contributed by atoms with Crippen LogP contribution in [-0.2, 0) is 11.8 Å². The molecule has 3 heterocycles. The summed E-state index contributed by atoms with van der Waals surface area (Å²) in [6.07, 6.45) is 5.82. The van der Waals surface area contributed by atoms with Crippen LogP contribution < -0.4 is 10.2 Å². The molecule has 2 aromatic heterocycles. The maximum absolute atomic E-state index is 12.4. The van der Waals surface area contributed by atoms with Gasteiger partial charge in [0, 0.05) is 19.8 Å². The minimum atomic E-state index is -1.23. The van der Waals surface area contributed by atoms with E-state index in [1.165, 1.54) is 0 Å². The molecule has 0 aromatic carbocycles. The number of anilines is 1. The molecule has 2 amide bonds. The molecule has 0 aliphatic carbocycles. The molecule has 0 saturated carbocycles. The van der Waals surface area contributed by atoms with Crippen LogP contribution in [0, 0.1) is 0 Å². The molecule has 1 saturated heterocycles. The molecule has 1 fully saturated rings. The summed E-state index contributed by atoms with van der Waals surface area (Å²) in [5, 5.41) is 15.4. The SMILES string of the molecule is Cn1cc(N2CCC(NC(=O)c3cnc(C(=O)O)cn3)C2=O)cn1. The Bertz CT molecular complexity index is 800. The number of amides is 2. The van der Waals surface area contributed by atoms with Crippen LogP contribution in [0.4, 0.5) is 5.69 Å². The number of carbonyl (C=O) groups excluding carboxylic acids is 2. The molecular weight excluding hydrogens is 316 g/mol. The van der Waals surface area contributed by atoms with Crippen LogP contribution in [0.1, 0.15) is 27.4 Å². The van der Waals surface area contributed by atoms with Gasteiger partial charge in [-0.2, -0.15) is 5.10 Å². The minimum Gasteiger partial charge on any atom is -0.476 e. The maximum atomic E-state index is 12.4. The third-order valence-electron chi connectivity index (χ3n) is 3.62. The van der Waals surface area contributed by atoms with Crippen LogP contribution >= 0.6 is 0 Å². The zero-order valence-corrected chi connectivity index (χ0v) is 12.7. The van der Waals surface area contributed by atoms with Gasteiger partial charge in [-0.1, -0.05) is 0 Å². The van der Waals surface area contributed by atoms with Gasteiger partial charge >= 0.3 is 5.97 Å². The van der Waals surface area contributed by atoms with Gasteiger partial charge in [-0.05, 0) is 6.42 Å². The largest absolute Gasteiger partial charge is 0.476 e. The summed E-state index contributed by atoms with van der Waals surface area (Å²) >= 11 is 0. The van der Waals surface area contributed by atoms with E-state index < -0.39 is 17.9 Å². The van der Waals surface area contributed by atoms with Crippen molar-refractivity contribution in [2.75, 3.05) is 11.4 Å². The number of hydrogen-bond acceptors (Lipinski definition) is 6. The fourth-order valence-corrected chi connectivity index (χ4v) is 2.41. The molecule has 0 spiro atoms. The van der Waals surface area contributed by atoms with Gasteiger partial charge in [0.1, 0.15) is 11.7 Å². The van der Waals surface area contributed by atoms with Gasteiger partial charge in [0.25, 0.3) is 5.91 Å². The molecule has 3 rings (SSSR count). The standard InChI is InChI=1S/C14H14N6O4/c1-19-7-8(4-17-19)20-3-2-9(13(20)22)18-12(21)10-5-16-11(6-15-10)14(23)24/h4-7,9H,2-3H2,1H3,(H,18,21)(H,23,24). The molecule has 1 unspecified atom stereocenters. The van der Waals surface area contributed by atoms with Gasteiger partial charge in [0.05, 0.1) is 24.3 Å². The van der Waals surface area contributed by atoms with Crippen molar-refractivity contribution in [3.05, 3.63) is 36.2 Å². The zero-order chi connectivity index (χ0) is 17.3. The molecule has 24 heavy (non-hydrogen) atoms. The number of nitrogens with zero attached hydrogens (tertiary/aromatic N) is 5. The number of carboxylic acids is 1. The first kappa shape index (κ1) is 15.6. The average Bonchev–Trinajstić information content (AvgIpc) is 3.14. The Morgan fingerprint density at radius 2 is 1.96 bits per heavy atom. The zero-order valence-electron chi connectivity index (χ0n) is 12.7. The molecule has 1 aliphatic heterocycles. The van der Waals surface area contributed by atoms with Crippen molar-refractivity contribution >= 4 is 23.5 Å². The normalized spacial score (nSPS) is 17.1. The highest BCUT2D eigenvalue weighted by Crippen LogP contribution is 2.20. The van der Waals surface area contributed by atoms with Crippen LogP contribution in [0.2, 0.25) is 0 Å². The number of hydrogen-bond donors (Lipinski definition) is 2. The van der Waals surface area contributed by atoms with Crippen LogP contribution in [0.3, 0.4) is 0 Å². The fraction of sp³-hybridized carbons (Fsp3) is 0.286. The van der Waals surface area contributed by atoms with E-state index in [1.54, 1.807) is 29.0 Å². The van der Waals surface area contributed by atoms with E-state index in [0.717, 1.165) is 12.4 Å². The van der Waals surface area contributed by atoms with Crippen LogP contribution in [0.15, 0.2) is 24.8 Å². The number of carbonyl (C=O) groups is 3. The quantitative estimate of drug-likeness (QED) is 0.768. The summed E-state index contributed by atoms with van der Waals surface area (Å²) in [6, 6.07) is -0.668. The Morgan fingerprint density at radius 1 is 1.25 bits per heavy atom. The van der Waals surface area contributed by atoms with E-state index >= 15 is 0 Å². The molecule has 2 N–H and O–H groups in total. The number of aryl methyl sites for hydroxylation is 1. The van der Waals surface area contributed by atoms with Crippen LogP contribution in [0.25, 0.3) is 0 Å². The third kappa shape index (κ3) is 2.93. The summed E-state index contributed by atoms with van der Waals surface area (Å²) in [6.45, 7) is 0.471. The van der Waals surface area contributed by atoms with Crippen molar-refractivity contribution < 1.29 is 19.5 Å². The van der Waals surface area contributed by atoms with Gasteiger partial charge in [-0.25, -0.2) is 14.8 Å². The number of aromatic carboxylic acids is 1. The molecular formula is C14H14N6O4. The Labute approximate surface area is 136 Å². The molecule has 10 heteroatoms. The summed E-state index contributed by atoms with van der Waals surface area (Å²) in [7, 11) is 1.75. The Morgan fingerprint density at radius 3 is 2.54 bits per heavy atom. The van der Waals surface area contributed by atoms with Gasteiger partial charge in [0.15, 0.2) is 5.69 Å². The van der Waals surface area contributed by atoms with E-state index in [9.17, 15) is 14.4 Å². The first-order chi connectivity index (χ1) is 11.5.